The average molecular weight is 166 g/mol. The van der Waals surface area contributed by atoms with E-state index in [-0.39, 0.29) is 0 Å². The molecule has 0 saturated carbocycles. The quantitative estimate of drug-likeness (QED) is 0.469. The van der Waals surface area contributed by atoms with E-state index in [2.05, 4.69) is 11.3 Å². The SMILES string of the molecule is C=CC1=C(CCC)C(=O)OC1=O. The minimum absolute atomic E-state index is 0.321. The summed E-state index contributed by atoms with van der Waals surface area (Å²) in [6, 6.07) is 0. The Kier molecular flexibility index (Phi) is 2.43. The van der Waals surface area contributed by atoms with Crippen molar-refractivity contribution in [1.29, 1.82) is 0 Å². The lowest BCUT2D eigenvalue weighted by Gasteiger charge is -1.93. The molecule has 0 radical (unpaired) electrons. The summed E-state index contributed by atoms with van der Waals surface area (Å²) < 4.78 is 4.41. The van der Waals surface area contributed by atoms with Crippen LogP contribution >= 0.6 is 0 Å². The second-order valence-electron chi connectivity index (χ2n) is 2.52. The van der Waals surface area contributed by atoms with Crippen molar-refractivity contribution in [2.45, 2.75) is 19.8 Å². The zero-order valence-corrected chi connectivity index (χ0v) is 6.92. The van der Waals surface area contributed by atoms with Crippen LogP contribution in [0.15, 0.2) is 23.8 Å². The number of rotatable bonds is 3. The maximum atomic E-state index is 11.0. The van der Waals surface area contributed by atoms with Crippen molar-refractivity contribution in [3.63, 3.8) is 0 Å². The molecule has 12 heavy (non-hydrogen) atoms. The summed E-state index contributed by atoms with van der Waals surface area (Å²) in [6.07, 6.45) is 2.76. The molecule has 1 heterocycles. The van der Waals surface area contributed by atoms with Gasteiger partial charge in [0, 0.05) is 0 Å². The number of cyclic esters (lactones) is 2. The van der Waals surface area contributed by atoms with Crippen molar-refractivity contribution in [3.05, 3.63) is 23.8 Å². The predicted octanol–water partition coefficient (Wildman–Crippen LogP) is 1.35. The fourth-order valence-electron chi connectivity index (χ4n) is 1.13. The van der Waals surface area contributed by atoms with E-state index in [1.165, 1.54) is 6.08 Å². The van der Waals surface area contributed by atoms with Crippen LogP contribution in [0.3, 0.4) is 0 Å². The molecule has 0 aromatic heterocycles. The predicted molar refractivity (Wildman–Crippen MR) is 43.2 cm³/mol. The molecule has 0 aromatic carbocycles. The van der Waals surface area contributed by atoms with Gasteiger partial charge in [0.25, 0.3) is 0 Å². The highest BCUT2D eigenvalue weighted by Gasteiger charge is 2.29. The van der Waals surface area contributed by atoms with Crippen LogP contribution in [-0.4, -0.2) is 11.9 Å². The van der Waals surface area contributed by atoms with Crippen LogP contribution in [0.5, 0.6) is 0 Å². The number of hydrogen-bond acceptors (Lipinski definition) is 3. The maximum absolute atomic E-state index is 11.0. The second-order valence-corrected chi connectivity index (χ2v) is 2.52. The molecule has 0 amide bonds. The molecule has 0 aliphatic carbocycles. The van der Waals surface area contributed by atoms with Crippen LogP contribution in [0, 0.1) is 0 Å². The molecule has 1 aliphatic heterocycles. The van der Waals surface area contributed by atoms with Crippen molar-refractivity contribution in [2.24, 2.45) is 0 Å². The van der Waals surface area contributed by atoms with Crippen LogP contribution < -0.4 is 0 Å². The Bertz CT molecular complexity index is 273. The molecule has 0 bridgehead atoms. The van der Waals surface area contributed by atoms with Gasteiger partial charge in [-0.2, -0.15) is 0 Å². The molecular weight excluding hydrogens is 156 g/mol. The maximum Gasteiger partial charge on any atom is 0.346 e. The summed E-state index contributed by atoms with van der Waals surface area (Å²) in [5, 5.41) is 0. The van der Waals surface area contributed by atoms with Crippen LogP contribution in [-0.2, 0) is 14.3 Å². The molecule has 0 N–H and O–H groups in total. The highest BCUT2D eigenvalue weighted by molar-refractivity contribution is 6.13. The van der Waals surface area contributed by atoms with Gasteiger partial charge >= 0.3 is 11.9 Å². The van der Waals surface area contributed by atoms with Crippen LogP contribution in [0.4, 0.5) is 0 Å². The summed E-state index contributed by atoms with van der Waals surface area (Å²) >= 11 is 0. The Hall–Kier alpha value is -1.38. The van der Waals surface area contributed by atoms with Crippen molar-refractivity contribution < 1.29 is 14.3 Å². The Morgan fingerprint density at radius 2 is 2.08 bits per heavy atom. The lowest BCUT2D eigenvalue weighted by molar-refractivity contribution is -0.151. The number of carbonyl (C=O) groups excluding carboxylic acids is 2. The van der Waals surface area contributed by atoms with E-state index >= 15 is 0 Å². The number of ether oxygens (including phenoxy) is 1. The third-order valence-electron chi connectivity index (χ3n) is 1.68. The molecule has 3 nitrogen and oxygen atoms in total. The van der Waals surface area contributed by atoms with E-state index in [0.29, 0.717) is 17.6 Å². The van der Waals surface area contributed by atoms with Gasteiger partial charge in [-0.15, -0.1) is 0 Å². The Morgan fingerprint density at radius 3 is 2.58 bits per heavy atom. The van der Waals surface area contributed by atoms with Gasteiger partial charge in [-0.3, -0.25) is 0 Å². The second kappa shape index (κ2) is 3.34. The van der Waals surface area contributed by atoms with Crippen LogP contribution in [0.1, 0.15) is 19.8 Å². The molecule has 1 rings (SSSR count). The van der Waals surface area contributed by atoms with E-state index in [1.807, 2.05) is 6.92 Å². The van der Waals surface area contributed by atoms with Gasteiger partial charge in [0.15, 0.2) is 0 Å². The largest absolute Gasteiger partial charge is 0.386 e. The molecule has 0 unspecified atom stereocenters. The zero-order valence-electron chi connectivity index (χ0n) is 6.92. The fraction of sp³-hybridized carbons (Fsp3) is 0.333. The topological polar surface area (TPSA) is 43.4 Å². The molecule has 3 heteroatoms. The first-order chi connectivity index (χ1) is 5.70. The van der Waals surface area contributed by atoms with Gasteiger partial charge in [0.2, 0.25) is 0 Å². The van der Waals surface area contributed by atoms with Crippen molar-refractivity contribution in [3.8, 4) is 0 Å². The monoisotopic (exact) mass is 166 g/mol. The van der Waals surface area contributed by atoms with Gasteiger partial charge in [-0.05, 0) is 6.42 Å². The Morgan fingerprint density at radius 1 is 1.42 bits per heavy atom. The molecule has 0 aromatic rings. The van der Waals surface area contributed by atoms with E-state index < -0.39 is 11.9 Å². The Balaban J connectivity index is 3.00. The van der Waals surface area contributed by atoms with Gasteiger partial charge in [-0.25, -0.2) is 9.59 Å². The van der Waals surface area contributed by atoms with Gasteiger partial charge < -0.3 is 4.74 Å². The smallest absolute Gasteiger partial charge is 0.346 e. The Labute approximate surface area is 70.7 Å². The van der Waals surface area contributed by atoms with Crippen molar-refractivity contribution >= 4 is 11.9 Å². The minimum atomic E-state index is -0.571. The number of hydrogen-bond donors (Lipinski definition) is 0. The van der Waals surface area contributed by atoms with Gasteiger partial charge in [0.05, 0.1) is 11.1 Å². The highest BCUT2D eigenvalue weighted by atomic mass is 16.6. The summed E-state index contributed by atoms with van der Waals surface area (Å²) in [6.45, 7) is 5.38. The van der Waals surface area contributed by atoms with E-state index in [0.717, 1.165) is 6.42 Å². The molecule has 0 atom stereocenters. The third-order valence-corrected chi connectivity index (χ3v) is 1.68. The van der Waals surface area contributed by atoms with E-state index in [9.17, 15) is 9.59 Å². The first-order valence-electron chi connectivity index (χ1n) is 3.82. The lowest BCUT2D eigenvalue weighted by atomic mass is 10.1. The summed E-state index contributed by atoms with van der Waals surface area (Å²) in [5.41, 5.74) is 0.777. The van der Waals surface area contributed by atoms with Crippen LogP contribution in [0.2, 0.25) is 0 Å². The number of esters is 2. The van der Waals surface area contributed by atoms with E-state index in [4.69, 9.17) is 0 Å². The fourth-order valence-corrected chi connectivity index (χ4v) is 1.13. The molecule has 0 fully saturated rings. The van der Waals surface area contributed by atoms with Crippen molar-refractivity contribution in [2.75, 3.05) is 0 Å². The molecule has 0 saturated heterocycles. The molecule has 1 aliphatic rings. The van der Waals surface area contributed by atoms with Crippen molar-refractivity contribution in [1.82, 2.24) is 0 Å². The highest BCUT2D eigenvalue weighted by Crippen LogP contribution is 2.21. The minimum Gasteiger partial charge on any atom is -0.386 e. The molecule has 0 spiro atoms. The molecular formula is C9H10O3. The average Bonchev–Trinajstić information content (AvgIpc) is 2.28. The standard InChI is InChI=1S/C9H10O3/c1-3-5-7-6(4-2)8(10)12-9(7)11/h4H,2-3,5H2,1H3. The first kappa shape index (κ1) is 8.71. The lowest BCUT2D eigenvalue weighted by Crippen LogP contribution is -2.01. The zero-order chi connectivity index (χ0) is 9.14. The summed E-state index contributed by atoms with van der Waals surface area (Å²) in [7, 11) is 0. The van der Waals surface area contributed by atoms with Gasteiger partial charge in [0.1, 0.15) is 0 Å². The van der Waals surface area contributed by atoms with E-state index in [1.54, 1.807) is 0 Å². The number of carbonyl (C=O) groups is 2. The summed E-state index contributed by atoms with van der Waals surface area (Å²) in [5.74, 6) is -1.09. The molecule has 64 valence electrons. The third kappa shape index (κ3) is 1.30. The first-order valence-corrected chi connectivity index (χ1v) is 3.82. The normalized spacial score (nSPS) is 16.8. The summed E-state index contributed by atoms with van der Waals surface area (Å²) in [4.78, 5) is 21.9. The van der Waals surface area contributed by atoms with Gasteiger partial charge in [-0.1, -0.05) is 26.0 Å². The van der Waals surface area contributed by atoms with Crippen LogP contribution in [0.25, 0.3) is 0 Å².